The van der Waals surface area contributed by atoms with Gasteiger partial charge in [-0.15, -0.1) is 11.3 Å². The quantitative estimate of drug-likeness (QED) is 0.315. The highest BCUT2D eigenvalue weighted by Gasteiger charge is 2.17. The number of aldehydes is 1. The largest absolute Gasteiger partial charge is 0.508 e. The van der Waals surface area contributed by atoms with Gasteiger partial charge in [0, 0.05) is 31.7 Å². The highest BCUT2D eigenvalue weighted by Crippen LogP contribution is 2.45. The molecule has 0 saturated heterocycles. The van der Waals surface area contributed by atoms with E-state index >= 15 is 0 Å². The van der Waals surface area contributed by atoms with Crippen LogP contribution in [0.5, 0.6) is 5.75 Å². The predicted molar refractivity (Wildman–Crippen MR) is 125 cm³/mol. The molecule has 0 atom stereocenters. The third-order valence-electron chi connectivity index (χ3n) is 5.30. The van der Waals surface area contributed by atoms with Crippen LogP contribution in [-0.2, 0) is 0 Å². The molecule has 0 bridgehead atoms. The minimum atomic E-state index is 0.263. The number of phenols is 1. The third kappa shape index (κ3) is 3.19. The SMILES string of the molecule is O=Cc1ccccc1-c1sc2ccccc2c1-c1ccc(-c2ccc(O)cc2)cc1. The summed E-state index contributed by atoms with van der Waals surface area (Å²) in [6.07, 6.45) is 0.928. The molecule has 0 saturated carbocycles. The summed E-state index contributed by atoms with van der Waals surface area (Å²) < 4.78 is 1.20. The molecule has 0 spiro atoms. The lowest BCUT2D eigenvalue weighted by molar-refractivity contribution is 0.112. The number of aromatic hydroxyl groups is 1. The van der Waals surface area contributed by atoms with Gasteiger partial charge in [0.1, 0.15) is 5.75 Å². The van der Waals surface area contributed by atoms with E-state index in [2.05, 4.69) is 42.5 Å². The van der Waals surface area contributed by atoms with Gasteiger partial charge in [0.05, 0.1) is 0 Å². The maximum absolute atomic E-state index is 11.7. The first-order valence-electron chi connectivity index (χ1n) is 9.70. The number of carbonyl (C=O) groups excluding carboxylic acids is 1. The fourth-order valence-corrected chi connectivity index (χ4v) is 5.08. The molecule has 0 aliphatic heterocycles. The molecule has 0 unspecified atom stereocenters. The second kappa shape index (κ2) is 7.62. The number of benzene rings is 4. The van der Waals surface area contributed by atoms with Crippen LogP contribution >= 0.6 is 11.3 Å². The Bertz CT molecular complexity index is 1350. The molecule has 0 amide bonds. The molecule has 4 aromatic carbocycles. The number of carbonyl (C=O) groups is 1. The van der Waals surface area contributed by atoms with Crippen molar-refractivity contribution in [2.24, 2.45) is 0 Å². The maximum atomic E-state index is 11.7. The number of hydrogen-bond acceptors (Lipinski definition) is 3. The zero-order chi connectivity index (χ0) is 20.5. The van der Waals surface area contributed by atoms with Crippen LogP contribution in [0.15, 0.2) is 97.1 Å². The minimum Gasteiger partial charge on any atom is -0.508 e. The van der Waals surface area contributed by atoms with Crippen molar-refractivity contribution in [3.8, 4) is 38.4 Å². The highest BCUT2D eigenvalue weighted by molar-refractivity contribution is 7.23. The van der Waals surface area contributed by atoms with Crippen molar-refractivity contribution >= 4 is 27.7 Å². The summed E-state index contributed by atoms with van der Waals surface area (Å²) in [5, 5.41) is 10.7. The van der Waals surface area contributed by atoms with E-state index in [0.29, 0.717) is 5.56 Å². The summed E-state index contributed by atoms with van der Waals surface area (Å²) in [6.45, 7) is 0. The van der Waals surface area contributed by atoms with Gasteiger partial charge >= 0.3 is 0 Å². The van der Waals surface area contributed by atoms with Gasteiger partial charge in [-0.25, -0.2) is 0 Å². The summed E-state index contributed by atoms with van der Waals surface area (Å²) in [4.78, 5) is 12.8. The normalized spacial score (nSPS) is 10.9. The van der Waals surface area contributed by atoms with Crippen molar-refractivity contribution in [2.75, 3.05) is 0 Å². The number of fused-ring (bicyclic) bond motifs is 1. The fraction of sp³-hybridized carbons (Fsp3) is 0. The van der Waals surface area contributed by atoms with E-state index < -0.39 is 0 Å². The predicted octanol–water partition coefficient (Wildman–Crippen LogP) is 7.42. The summed E-state index contributed by atoms with van der Waals surface area (Å²) in [7, 11) is 0. The Kier molecular flexibility index (Phi) is 4.66. The van der Waals surface area contributed by atoms with Crippen LogP contribution in [0, 0.1) is 0 Å². The van der Waals surface area contributed by atoms with Crippen molar-refractivity contribution in [2.45, 2.75) is 0 Å². The Labute approximate surface area is 178 Å². The van der Waals surface area contributed by atoms with E-state index in [4.69, 9.17) is 0 Å². The number of rotatable bonds is 4. The Morgan fingerprint density at radius 3 is 2.00 bits per heavy atom. The van der Waals surface area contributed by atoms with Crippen molar-refractivity contribution in [3.05, 3.63) is 103 Å². The molecule has 3 heteroatoms. The molecule has 0 aliphatic rings. The van der Waals surface area contributed by atoms with E-state index in [-0.39, 0.29) is 5.75 Å². The zero-order valence-electron chi connectivity index (χ0n) is 16.1. The number of hydrogen-bond donors (Lipinski definition) is 1. The summed E-state index contributed by atoms with van der Waals surface area (Å²) in [6, 6.07) is 31.8. The molecule has 5 aromatic rings. The first kappa shape index (κ1) is 18.3. The van der Waals surface area contributed by atoms with E-state index in [1.54, 1.807) is 23.5 Å². The van der Waals surface area contributed by atoms with Gasteiger partial charge in [0.15, 0.2) is 6.29 Å². The summed E-state index contributed by atoms with van der Waals surface area (Å²) in [5.74, 6) is 0.263. The van der Waals surface area contributed by atoms with Gasteiger partial charge in [-0.1, -0.05) is 78.9 Å². The van der Waals surface area contributed by atoms with E-state index in [0.717, 1.165) is 39.0 Å². The maximum Gasteiger partial charge on any atom is 0.150 e. The Morgan fingerprint density at radius 2 is 1.27 bits per heavy atom. The van der Waals surface area contributed by atoms with Crippen molar-refractivity contribution in [3.63, 3.8) is 0 Å². The molecule has 30 heavy (non-hydrogen) atoms. The zero-order valence-corrected chi connectivity index (χ0v) is 16.9. The average molecular weight is 407 g/mol. The highest BCUT2D eigenvalue weighted by atomic mass is 32.1. The van der Waals surface area contributed by atoms with Crippen LogP contribution in [0.3, 0.4) is 0 Å². The topological polar surface area (TPSA) is 37.3 Å². The van der Waals surface area contributed by atoms with E-state index in [1.807, 2.05) is 42.5 Å². The van der Waals surface area contributed by atoms with Crippen LogP contribution < -0.4 is 0 Å². The van der Waals surface area contributed by atoms with Gasteiger partial charge in [-0.3, -0.25) is 4.79 Å². The van der Waals surface area contributed by atoms with Gasteiger partial charge in [-0.05, 0) is 34.9 Å². The lowest BCUT2D eigenvalue weighted by Crippen LogP contribution is -1.87. The molecule has 1 aromatic heterocycles. The van der Waals surface area contributed by atoms with E-state index in [9.17, 15) is 9.90 Å². The molecule has 0 radical (unpaired) electrons. The van der Waals surface area contributed by atoms with Gasteiger partial charge in [0.25, 0.3) is 0 Å². The van der Waals surface area contributed by atoms with Gasteiger partial charge < -0.3 is 5.11 Å². The third-order valence-corrected chi connectivity index (χ3v) is 6.51. The summed E-state index contributed by atoms with van der Waals surface area (Å²) >= 11 is 1.72. The van der Waals surface area contributed by atoms with Crippen molar-refractivity contribution < 1.29 is 9.90 Å². The Morgan fingerprint density at radius 1 is 0.667 bits per heavy atom. The van der Waals surface area contributed by atoms with Crippen LogP contribution in [0.4, 0.5) is 0 Å². The summed E-state index contributed by atoms with van der Waals surface area (Å²) in [5.41, 5.74) is 6.08. The minimum absolute atomic E-state index is 0.263. The van der Waals surface area contributed by atoms with E-state index in [1.165, 1.54) is 10.1 Å². The Balaban J connectivity index is 1.68. The second-order valence-electron chi connectivity index (χ2n) is 7.13. The molecule has 0 aliphatic carbocycles. The molecule has 0 fully saturated rings. The number of phenolic OH excluding ortho intramolecular Hbond substituents is 1. The van der Waals surface area contributed by atoms with Crippen LogP contribution in [0.1, 0.15) is 10.4 Å². The molecule has 1 heterocycles. The van der Waals surface area contributed by atoms with Gasteiger partial charge in [0.2, 0.25) is 0 Å². The Hall–Kier alpha value is -3.69. The lowest BCUT2D eigenvalue weighted by Gasteiger charge is -2.09. The molecular formula is C27H18O2S. The molecule has 144 valence electrons. The molecule has 5 rings (SSSR count). The monoisotopic (exact) mass is 406 g/mol. The van der Waals surface area contributed by atoms with Crippen LogP contribution in [0.25, 0.3) is 42.8 Å². The lowest BCUT2D eigenvalue weighted by atomic mass is 9.95. The van der Waals surface area contributed by atoms with Gasteiger partial charge in [-0.2, -0.15) is 0 Å². The molecular weight excluding hydrogens is 388 g/mol. The van der Waals surface area contributed by atoms with Crippen molar-refractivity contribution in [1.29, 1.82) is 0 Å². The smallest absolute Gasteiger partial charge is 0.150 e. The van der Waals surface area contributed by atoms with Crippen molar-refractivity contribution in [1.82, 2.24) is 0 Å². The standard InChI is InChI=1S/C27H18O2S/c28-17-21-5-1-2-6-23(21)27-26(24-7-3-4-8-25(24)30-27)20-11-9-18(10-12-20)19-13-15-22(29)16-14-19/h1-17,29H. The first-order chi connectivity index (χ1) is 14.7. The van der Waals surface area contributed by atoms with Crippen LogP contribution in [0.2, 0.25) is 0 Å². The molecule has 2 nitrogen and oxygen atoms in total. The van der Waals surface area contributed by atoms with Crippen LogP contribution in [-0.4, -0.2) is 11.4 Å². The average Bonchev–Trinajstić information content (AvgIpc) is 3.19. The second-order valence-corrected chi connectivity index (χ2v) is 8.18. The first-order valence-corrected chi connectivity index (χ1v) is 10.5. The number of thiophene rings is 1. The fourth-order valence-electron chi connectivity index (χ4n) is 3.81. The molecule has 1 N–H and O–H groups in total.